The third-order valence-electron chi connectivity index (χ3n) is 8.16. The molecule has 0 unspecified atom stereocenters. The van der Waals surface area contributed by atoms with Crippen LogP contribution in [0.4, 0.5) is 10.1 Å². The lowest BCUT2D eigenvalue weighted by Crippen LogP contribution is -2.35. The second-order valence-electron chi connectivity index (χ2n) is 11.0. The molecule has 0 radical (unpaired) electrons. The zero-order chi connectivity index (χ0) is 29.6. The first-order valence-corrected chi connectivity index (χ1v) is 15.8. The Morgan fingerprint density at radius 1 is 1.14 bits per heavy atom. The van der Waals surface area contributed by atoms with Crippen molar-refractivity contribution in [2.24, 2.45) is 0 Å². The number of amides is 1. The van der Waals surface area contributed by atoms with Gasteiger partial charge in [-0.3, -0.25) is 14.0 Å². The van der Waals surface area contributed by atoms with Gasteiger partial charge >= 0.3 is 0 Å². The Morgan fingerprint density at radius 3 is 2.62 bits per heavy atom. The van der Waals surface area contributed by atoms with E-state index in [1.807, 2.05) is 18.2 Å². The minimum atomic E-state index is -3.59. The van der Waals surface area contributed by atoms with Crippen LogP contribution in [-0.2, 0) is 16.6 Å². The zero-order valence-corrected chi connectivity index (χ0v) is 24.6. The molecule has 10 heteroatoms. The number of rotatable bonds is 7. The molecule has 2 N–H and O–H groups in total. The summed E-state index contributed by atoms with van der Waals surface area (Å²) >= 11 is 0. The molecule has 218 valence electrons. The number of anilines is 1. The standard InChI is InChI=1S/C32H33FN4O4S/c1-34-32(38)30-26-16-25(22-8-6-14-37(18-22)19-24-15-21-7-4-5-9-27(21)35-24)28(36(2)42(3,39)40)17-29(26)41-31(30)20-10-12-23(33)13-11-20/h4-5,7,9-13,15-17,22,35H,6,8,14,18-19H2,1-3H3,(H,34,38)/t22-/m1/s1. The molecular weight excluding hydrogens is 555 g/mol. The highest BCUT2D eigenvalue weighted by atomic mass is 32.2. The summed E-state index contributed by atoms with van der Waals surface area (Å²) < 4.78 is 46.7. The van der Waals surface area contributed by atoms with E-state index >= 15 is 0 Å². The number of carbonyl (C=O) groups is 1. The van der Waals surface area contributed by atoms with Crippen molar-refractivity contribution in [2.75, 3.05) is 37.7 Å². The summed E-state index contributed by atoms with van der Waals surface area (Å²) in [7, 11) is -0.508. The van der Waals surface area contributed by atoms with E-state index in [2.05, 4.69) is 33.4 Å². The Hall–Kier alpha value is -4.15. The van der Waals surface area contributed by atoms with E-state index in [4.69, 9.17) is 4.42 Å². The van der Waals surface area contributed by atoms with Gasteiger partial charge in [0.05, 0.1) is 17.5 Å². The van der Waals surface area contributed by atoms with Crippen molar-refractivity contribution in [2.45, 2.75) is 25.3 Å². The maximum Gasteiger partial charge on any atom is 0.255 e. The summed E-state index contributed by atoms with van der Waals surface area (Å²) in [6.45, 7) is 2.40. The number of nitrogens with zero attached hydrogens (tertiary/aromatic N) is 2. The van der Waals surface area contributed by atoms with Crippen LogP contribution in [0.15, 0.2) is 71.1 Å². The van der Waals surface area contributed by atoms with Gasteiger partial charge in [-0.05, 0) is 78.7 Å². The molecule has 3 heterocycles. The number of likely N-dealkylation sites (tertiary alicyclic amines) is 1. The van der Waals surface area contributed by atoms with Crippen molar-refractivity contribution in [1.82, 2.24) is 15.2 Å². The number of sulfonamides is 1. The van der Waals surface area contributed by atoms with E-state index in [-0.39, 0.29) is 11.8 Å². The van der Waals surface area contributed by atoms with Gasteiger partial charge in [0.15, 0.2) is 0 Å². The average molecular weight is 589 g/mol. The number of para-hydroxylation sites is 1. The van der Waals surface area contributed by atoms with Crippen molar-refractivity contribution in [1.29, 1.82) is 0 Å². The number of hydrogen-bond donors (Lipinski definition) is 2. The monoisotopic (exact) mass is 588 g/mol. The molecule has 1 saturated heterocycles. The summed E-state index contributed by atoms with van der Waals surface area (Å²) in [6.07, 6.45) is 2.99. The topological polar surface area (TPSA) is 98.7 Å². The summed E-state index contributed by atoms with van der Waals surface area (Å²) in [4.78, 5) is 19.1. The molecule has 0 spiro atoms. The van der Waals surface area contributed by atoms with Gasteiger partial charge in [0.1, 0.15) is 17.2 Å². The van der Waals surface area contributed by atoms with Crippen molar-refractivity contribution < 1.29 is 22.0 Å². The predicted molar refractivity (Wildman–Crippen MR) is 164 cm³/mol. The van der Waals surface area contributed by atoms with Crippen molar-refractivity contribution >= 4 is 43.5 Å². The Morgan fingerprint density at radius 2 is 1.90 bits per heavy atom. The van der Waals surface area contributed by atoms with Gasteiger partial charge in [0.25, 0.3) is 5.91 Å². The van der Waals surface area contributed by atoms with E-state index in [1.165, 1.54) is 35.1 Å². The number of benzene rings is 3. The van der Waals surface area contributed by atoms with Crippen LogP contribution in [0, 0.1) is 5.82 Å². The third kappa shape index (κ3) is 5.28. The van der Waals surface area contributed by atoms with Gasteiger partial charge in [-0.15, -0.1) is 0 Å². The molecule has 1 aliphatic rings. The normalized spacial score (nSPS) is 16.2. The number of carbonyl (C=O) groups excluding carboxylic acids is 1. The first-order valence-electron chi connectivity index (χ1n) is 13.9. The van der Waals surface area contributed by atoms with Crippen LogP contribution < -0.4 is 9.62 Å². The van der Waals surface area contributed by atoms with Crippen LogP contribution in [0.5, 0.6) is 0 Å². The van der Waals surface area contributed by atoms with Gasteiger partial charge in [-0.2, -0.15) is 0 Å². The number of halogens is 1. The molecule has 1 fully saturated rings. The van der Waals surface area contributed by atoms with Crippen molar-refractivity contribution in [3.63, 3.8) is 0 Å². The fourth-order valence-electron chi connectivity index (χ4n) is 5.99. The van der Waals surface area contributed by atoms with E-state index in [9.17, 15) is 17.6 Å². The molecule has 0 bridgehead atoms. The molecule has 2 aromatic heterocycles. The maximum atomic E-state index is 13.7. The second kappa shape index (κ2) is 10.9. The average Bonchev–Trinajstić information content (AvgIpc) is 3.56. The molecule has 1 amide bonds. The number of fused-ring (bicyclic) bond motifs is 2. The lowest BCUT2D eigenvalue weighted by molar-refractivity contribution is 0.0964. The zero-order valence-electron chi connectivity index (χ0n) is 23.8. The highest BCUT2D eigenvalue weighted by molar-refractivity contribution is 7.92. The molecule has 42 heavy (non-hydrogen) atoms. The summed E-state index contributed by atoms with van der Waals surface area (Å²) in [5.41, 5.74) is 4.85. The largest absolute Gasteiger partial charge is 0.455 e. The Bertz CT molecular complexity index is 1860. The van der Waals surface area contributed by atoms with Crippen molar-refractivity contribution in [3.8, 4) is 11.3 Å². The van der Waals surface area contributed by atoms with Crippen LogP contribution in [0.1, 0.15) is 40.4 Å². The minimum absolute atomic E-state index is 0.0217. The van der Waals surface area contributed by atoms with Crippen LogP contribution in [0.3, 0.4) is 0 Å². The van der Waals surface area contributed by atoms with Gasteiger partial charge < -0.3 is 14.7 Å². The third-order valence-corrected chi connectivity index (χ3v) is 9.35. The SMILES string of the molecule is CNC(=O)c1c(-c2ccc(F)cc2)oc2cc(N(C)S(C)(=O)=O)c([C@@H]3CCCN(Cc4cc5ccccc5[nH]4)C3)cc12. The molecule has 0 aliphatic carbocycles. The highest BCUT2D eigenvalue weighted by Crippen LogP contribution is 2.42. The number of aromatic nitrogens is 1. The molecule has 5 aromatic rings. The number of nitrogens with one attached hydrogen (secondary N) is 2. The Kier molecular flexibility index (Phi) is 7.28. The summed E-state index contributed by atoms with van der Waals surface area (Å²) in [5, 5.41) is 4.45. The quantitative estimate of drug-likeness (QED) is 0.248. The van der Waals surface area contributed by atoms with Gasteiger partial charge in [0.2, 0.25) is 10.0 Å². The maximum absolute atomic E-state index is 13.7. The molecule has 8 nitrogen and oxygen atoms in total. The predicted octanol–water partition coefficient (Wildman–Crippen LogP) is 5.86. The summed E-state index contributed by atoms with van der Waals surface area (Å²) in [5.74, 6) is -0.413. The fourth-order valence-corrected chi connectivity index (χ4v) is 6.51. The Balaban J connectivity index is 1.44. The molecule has 3 aromatic carbocycles. The molecule has 6 rings (SSSR count). The lowest BCUT2D eigenvalue weighted by atomic mass is 9.88. The van der Waals surface area contributed by atoms with Crippen LogP contribution >= 0.6 is 0 Å². The van der Waals surface area contributed by atoms with E-state index in [0.29, 0.717) is 33.5 Å². The van der Waals surface area contributed by atoms with Crippen LogP contribution in [-0.4, -0.2) is 57.6 Å². The van der Waals surface area contributed by atoms with Crippen LogP contribution in [0.25, 0.3) is 33.2 Å². The number of furan rings is 1. The Labute approximate surface area is 244 Å². The fraction of sp³-hybridized carbons (Fsp3) is 0.281. The van der Waals surface area contributed by atoms with Gasteiger partial charge in [-0.1, -0.05) is 18.2 Å². The first-order chi connectivity index (χ1) is 20.1. The van der Waals surface area contributed by atoms with E-state index in [1.54, 1.807) is 25.2 Å². The van der Waals surface area contributed by atoms with Crippen LogP contribution in [0.2, 0.25) is 0 Å². The molecule has 1 aliphatic heterocycles. The number of aromatic amines is 1. The smallest absolute Gasteiger partial charge is 0.255 e. The molecule has 0 saturated carbocycles. The number of H-pyrrole nitrogens is 1. The number of piperidine rings is 1. The molecular formula is C32H33FN4O4S. The van der Waals surface area contributed by atoms with E-state index in [0.717, 1.165) is 49.2 Å². The summed E-state index contributed by atoms with van der Waals surface area (Å²) in [6, 6.07) is 19.7. The second-order valence-corrected chi connectivity index (χ2v) is 13.0. The van der Waals surface area contributed by atoms with E-state index < -0.39 is 15.8 Å². The van der Waals surface area contributed by atoms with Gasteiger partial charge in [0, 0.05) is 55.4 Å². The van der Waals surface area contributed by atoms with Gasteiger partial charge in [-0.25, -0.2) is 12.8 Å². The lowest BCUT2D eigenvalue weighted by Gasteiger charge is -2.34. The van der Waals surface area contributed by atoms with Crippen molar-refractivity contribution in [3.05, 3.63) is 89.4 Å². The highest BCUT2D eigenvalue weighted by Gasteiger charge is 2.30. The number of hydrogen-bond acceptors (Lipinski definition) is 5. The first kappa shape index (κ1) is 28.0. The minimum Gasteiger partial charge on any atom is -0.455 e. The molecule has 1 atom stereocenters.